The van der Waals surface area contributed by atoms with Gasteiger partial charge in [-0.1, -0.05) is 18.2 Å². The van der Waals surface area contributed by atoms with E-state index >= 15 is 0 Å². The van der Waals surface area contributed by atoms with Crippen molar-refractivity contribution in [3.63, 3.8) is 0 Å². The first kappa shape index (κ1) is 13.6. The molecule has 0 fully saturated rings. The maximum absolute atomic E-state index is 5.94. The van der Waals surface area contributed by atoms with Crippen molar-refractivity contribution in [3.05, 3.63) is 58.7 Å². The molecule has 108 valence electrons. The monoisotopic (exact) mass is 281 g/mol. The average Bonchev–Trinajstić information content (AvgIpc) is 2.75. The van der Waals surface area contributed by atoms with Crippen LogP contribution in [-0.4, -0.2) is 14.4 Å². The molecule has 0 saturated heterocycles. The number of imidazole rings is 1. The van der Waals surface area contributed by atoms with Crippen molar-refractivity contribution in [2.45, 2.75) is 34.3 Å². The highest BCUT2D eigenvalue weighted by Crippen LogP contribution is 2.21. The first-order chi connectivity index (χ1) is 10.1. The summed E-state index contributed by atoms with van der Waals surface area (Å²) >= 11 is 0. The van der Waals surface area contributed by atoms with Gasteiger partial charge >= 0.3 is 0 Å². The number of aryl methyl sites for hydroxylation is 4. The van der Waals surface area contributed by atoms with Crippen LogP contribution in [0.15, 0.2) is 30.6 Å². The number of hydrogen-bond donors (Lipinski definition) is 0. The van der Waals surface area contributed by atoms with Gasteiger partial charge in [-0.3, -0.25) is 4.40 Å². The fourth-order valence-electron chi connectivity index (χ4n) is 2.50. The van der Waals surface area contributed by atoms with E-state index in [0.29, 0.717) is 12.5 Å². The summed E-state index contributed by atoms with van der Waals surface area (Å²) in [5.74, 6) is 0.580. The van der Waals surface area contributed by atoms with Crippen LogP contribution in [-0.2, 0) is 6.61 Å². The number of ether oxygens (including phenoxy) is 1. The second-order valence-electron chi connectivity index (χ2n) is 5.37. The van der Waals surface area contributed by atoms with Gasteiger partial charge < -0.3 is 4.74 Å². The van der Waals surface area contributed by atoms with Gasteiger partial charge in [-0.15, -0.1) is 0 Å². The number of benzene rings is 1. The Morgan fingerprint density at radius 3 is 2.52 bits per heavy atom. The van der Waals surface area contributed by atoms with Crippen LogP contribution in [0.1, 0.15) is 28.1 Å². The van der Waals surface area contributed by atoms with E-state index in [1.54, 1.807) is 6.20 Å². The van der Waals surface area contributed by atoms with Crippen LogP contribution in [0.2, 0.25) is 0 Å². The normalized spacial score (nSPS) is 11.0. The number of fused-ring (bicyclic) bond motifs is 1. The molecule has 3 rings (SSSR count). The van der Waals surface area contributed by atoms with Gasteiger partial charge in [-0.05, 0) is 44.4 Å². The molecular weight excluding hydrogens is 262 g/mol. The van der Waals surface area contributed by atoms with E-state index in [9.17, 15) is 0 Å². The van der Waals surface area contributed by atoms with Gasteiger partial charge in [0.15, 0.2) is 0 Å². The Labute approximate surface area is 124 Å². The van der Waals surface area contributed by atoms with Gasteiger partial charge in [0.1, 0.15) is 6.61 Å². The van der Waals surface area contributed by atoms with Gasteiger partial charge in [-0.25, -0.2) is 9.97 Å². The Balaban J connectivity index is 1.94. The molecular formula is C17H19N3O. The second kappa shape index (κ2) is 5.20. The summed E-state index contributed by atoms with van der Waals surface area (Å²) < 4.78 is 7.96. The molecule has 0 spiro atoms. The van der Waals surface area contributed by atoms with Crippen LogP contribution in [0.5, 0.6) is 5.88 Å². The van der Waals surface area contributed by atoms with Gasteiger partial charge in [0.05, 0.1) is 5.69 Å². The lowest BCUT2D eigenvalue weighted by atomic mass is 10.0. The van der Waals surface area contributed by atoms with Crippen molar-refractivity contribution in [1.82, 2.24) is 14.4 Å². The number of hydrogen-bond acceptors (Lipinski definition) is 3. The van der Waals surface area contributed by atoms with Crippen LogP contribution in [0.3, 0.4) is 0 Å². The smallest absolute Gasteiger partial charge is 0.258 e. The van der Waals surface area contributed by atoms with Crippen molar-refractivity contribution in [2.24, 2.45) is 0 Å². The third kappa shape index (κ3) is 2.37. The van der Waals surface area contributed by atoms with Gasteiger partial charge in [0, 0.05) is 18.1 Å². The van der Waals surface area contributed by atoms with Crippen molar-refractivity contribution >= 4 is 5.65 Å². The molecule has 4 nitrogen and oxygen atoms in total. The second-order valence-corrected chi connectivity index (χ2v) is 5.37. The van der Waals surface area contributed by atoms with E-state index in [1.165, 1.54) is 16.7 Å². The van der Waals surface area contributed by atoms with E-state index in [1.807, 2.05) is 24.4 Å². The van der Waals surface area contributed by atoms with E-state index in [-0.39, 0.29) is 0 Å². The zero-order valence-electron chi connectivity index (χ0n) is 12.8. The Bertz CT molecular complexity index is 785. The van der Waals surface area contributed by atoms with E-state index in [4.69, 9.17) is 4.74 Å². The fourth-order valence-corrected chi connectivity index (χ4v) is 2.50. The first-order valence-corrected chi connectivity index (χ1v) is 7.06. The Morgan fingerprint density at radius 2 is 1.81 bits per heavy atom. The summed E-state index contributed by atoms with van der Waals surface area (Å²) in [6.07, 6.45) is 3.66. The maximum atomic E-state index is 5.94. The number of nitrogens with zero attached hydrogens (tertiary/aromatic N) is 3. The highest BCUT2D eigenvalue weighted by molar-refractivity contribution is 5.52. The Morgan fingerprint density at radius 1 is 1.10 bits per heavy atom. The number of aromatic nitrogens is 3. The summed E-state index contributed by atoms with van der Waals surface area (Å²) in [6, 6.07) is 6.27. The predicted octanol–water partition coefficient (Wildman–Crippen LogP) is 3.54. The summed E-state index contributed by atoms with van der Waals surface area (Å²) in [5.41, 5.74) is 6.57. The summed E-state index contributed by atoms with van der Waals surface area (Å²) in [6.45, 7) is 8.76. The lowest BCUT2D eigenvalue weighted by Gasteiger charge is -2.11. The van der Waals surface area contributed by atoms with Crippen molar-refractivity contribution in [3.8, 4) is 5.88 Å². The van der Waals surface area contributed by atoms with Crippen LogP contribution in [0.4, 0.5) is 0 Å². The molecule has 0 unspecified atom stereocenters. The minimum absolute atomic E-state index is 0.510. The van der Waals surface area contributed by atoms with E-state index in [0.717, 1.165) is 17.0 Å². The molecule has 0 radical (unpaired) electrons. The quantitative estimate of drug-likeness (QED) is 0.737. The summed E-state index contributed by atoms with van der Waals surface area (Å²) in [5, 5.41) is 0. The highest BCUT2D eigenvalue weighted by atomic mass is 16.5. The van der Waals surface area contributed by atoms with Crippen LogP contribution >= 0.6 is 0 Å². The molecule has 2 heterocycles. The largest absolute Gasteiger partial charge is 0.470 e. The van der Waals surface area contributed by atoms with Crippen LogP contribution < -0.4 is 4.74 Å². The summed E-state index contributed by atoms with van der Waals surface area (Å²) in [7, 11) is 0. The van der Waals surface area contributed by atoms with Gasteiger partial charge in [-0.2, -0.15) is 0 Å². The lowest BCUT2D eigenvalue weighted by Crippen LogP contribution is -2.03. The molecule has 21 heavy (non-hydrogen) atoms. The highest BCUT2D eigenvalue weighted by Gasteiger charge is 2.11. The molecule has 0 amide bonds. The number of rotatable bonds is 3. The molecule has 0 saturated carbocycles. The topological polar surface area (TPSA) is 39.4 Å². The summed E-state index contributed by atoms with van der Waals surface area (Å²) in [4.78, 5) is 8.88. The molecule has 0 N–H and O–H groups in total. The van der Waals surface area contributed by atoms with Gasteiger partial charge in [0.25, 0.3) is 5.88 Å². The molecule has 2 aromatic heterocycles. The molecule has 1 aromatic carbocycles. The minimum atomic E-state index is 0.510. The first-order valence-electron chi connectivity index (χ1n) is 7.06. The zero-order chi connectivity index (χ0) is 15.0. The molecule has 4 heteroatoms. The zero-order valence-corrected chi connectivity index (χ0v) is 12.8. The fraction of sp³-hybridized carbons (Fsp3) is 0.294. The van der Waals surface area contributed by atoms with Gasteiger partial charge in [0.2, 0.25) is 5.65 Å². The molecule has 3 aromatic rings. The third-order valence-electron chi connectivity index (χ3n) is 3.98. The third-order valence-corrected chi connectivity index (χ3v) is 3.98. The van der Waals surface area contributed by atoms with Crippen molar-refractivity contribution in [1.29, 1.82) is 0 Å². The molecule has 0 bridgehead atoms. The Kier molecular flexibility index (Phi) is 3.37. The van der Waals surface area contributed by atoms with Crippen molar-refractivity contribution in [2.75, 3.05) is 0 Å². The van der Waals surface area contributed by atoms with Crippen molar-refractivity contribution < 1.29 is 4.74 Å². The lowest BCUT2D eigenvalue weighted by molar-refractivity contribution is 0.294. The SMILES string of the molecule is Cc1cccc(C)c1COc1nccn2c(C)c(C)nc12. The molecule has 0 aliphatic carbocycles. The minimum Gasteiger partial charge on any atom is -0.470 e. The molecule has 0 aliphatic heterocycles. The van der Waals surface area contributed by atoms with E-state index in [2.05, 4.69) is 42.0 Å². The predicted molar refractivity (Wildman–Crippen MR) is 82.7 cm³/mol. The van der Waals surface area contributed by atoms with Crippen LogP contribution in [0.25, 0.3) is 5.65 Å². The van der Waals surface area contributed by atoms with E-state index < -0.39 is 0 Å². The van der Waals surface area contributed by atoms with Crippen LogP contribution in [0, 0.1) is 27.7 Å². The maximum Gasteiger partial charge on any atom is 0.258 e. The standard InChI is InChI=1S/C17H19N3O/c1-11-6-5-7-12(2)15(11)10-21-17-16-19-13(3)14(4)20(16)9-8-18-17/h5-9H,10H2,1-4H3. The molecule has 0 aliphatic rings. The Hall–Kier alpha value is -2.36. The average molecular weight is 281 g/mol. The molecule has 0 atom stereocenters.